The zero-order valence-corrected chi connectivity index (χ0v) is 13.9. The molecule has 1 aliphatic heterocycles. The third-order valence-corrected chi connectivity index (χ3v) is 4.65. The molecular weight excluding hydrogens is 290 g/mol. The first-order chi connectivity index (χ1) is 11.1. The summed E-state index contributed by atoms with van der Waals surface area (Å²) >= 11 is 0. The van der Waals surface area contributed by atoms with Crippen LogP contribution in [0, 0.1) is 13.8 Å². The van der Waals surface area contributed by atoms with Gasteiger partial charge in [0, 0.05) is 24.5 Å². The third-order valence-electron chi connectivity index (χ3n) is 4.65. The highest BCUT2D eigenvalue weighted by Gasteiger charge is 2.20. The number of carbonyl (C=O) groups is 1. The molecule has 23 heavy (non-hydrogen) atoms. The topological polar surface area (TPSA) is 59.2 Å². The zero-order chi connectivity index (χ0) is 16.2. The molecule has 0 spiro atoms. The zero-order valence-electron chi connectivity index (χ0n) is 13.9. The highest BCUT2D eigenvalue weighted by atomic mass is 16.3. The normalized spacial score (nSPS) is 18.7. The Hall–Kier alpha value is -2.01. The fraction of sp³-hybridized carbons (Fsp3) is 0.500. The summed E-state index contributed by atoms with van der Waals surface area (Å²) in [6, 6.07) is 6.02. The Morgan fingerprint density at radius 3 is 3.04 bits per heavy atom. The SMILES string of the molecule is Cc1cc(CNC2CCCCNC2=O)c(C)n1Cc1ccco1. The molecule has 2 aromatic rings. The lowest BCUT2D eigenvalue weighted by molar-refractivity contribution is -0.122. The van der Waals surface area contributed by atoms with Crippen LogP contribution in [0.3, 0.4) is 0 Å². The van der Waals surface area contributed by atoms with Crippen LogP contribution in [0.25, 0.3) is 0 Å². The fourth-order valence-corrected chi connectivity index (χ4v) is 3.22. The smallest absolute Gasteiger partial charge is 0.237 e. The summed E-state index contributed by atoms with van der Waals surface area (Å²) in [6.07, 6.45) is 4.78. The van der Waals surface area contributed by atoms with Gasteiger partial charge < -0.3 is 19.6 Å². The molecule has 1 atom stereocenters. The lowest BCUT2D eigenvalue weighted by Crippen LogP contribution is -2.42. The first-order valence-corrected chi connectivity index (χ1v) is 8.34. The van der Waals surface area contributed by atoms with E-state index in [1.807, 2.05) is 12.1 Å². The van der Waals surface area contributed by atoms with Crippen LogP contribution in [-0.2, 0) is 17.9 Å². The van der Waals surface area contributed by atoms with E-state index in [0.717, 1.165) is 44.7 Å². The van der Waals surface area contributed by atoms with Gasteiger partial charge in [-0.2, -0.15) is 0 Å². The van der Waals surface area contributed by atoms with Gasteiger partial charge in [-0.3, -0.25) is 4.79 Å². The number of amides is 1. The Morgan fingerprint density at radius 1 is 1.39 bits per heavy atom. The number of aromatic nitrogens is 1. The molecule has 0 bridgehead atoms. The summed E-state index contributed by atoms with van der Waals surface area (Å²) in [4.78, 5) is 12.0. The van der Waals surface area contributed by atoms with Crippen LogP contribution in [0.2, 0.25) is 0 Å². The highest BCUT2D eigenvalue weighted by molar-refractivity contribution is 5.81. The monoisotopic (exact) mass is 315 g/mol. The molecule has 0 radical (unpaired) electrons. The Bertz CT molecular complexity index is 658. The van der Waals surface area contributed by atoms with Gasteiger partial charge >= 0.3 is 0 Å². The maximum absolute atomic E-state index is 12.0. The van der Waals surface area contributed by atoms with Crippen molar-refractivity contribution in [3.05, 3.63) is 47.2 Å². The van der Waals surface area contributed by atoms with Crippen molar-refractivity contribution in [3.63, 3.8) is 0 Å². The number of hydrogen-bond donors (Lipinski definition) is 2. The Labute approximate surface area is 137 Å². The summed E-state index contributed by atoms with van der Waals surface area (Å²) in [5.74, 6) is 1.08. The molecule has 0 saturated carbocycles. The van der Waals surface area contributed by atoms with Gasteiger partial charge in [-0.15, -0.1) is 0 Å². The number of hydrogen-bond acceptors (Lipinski definition) is 3. The molecule has 0 aliphatic carbocycles. The van der Waals surface area contributed by atoms with Gasteiger partial charge in [0.15, 0.2) is 0 Å². The van der Waals surface area contributed by atoms with E-state index in [0.29, 0.717) is 0 Å². The molecule has 5 nitrogen and oxygen atoms in total. The average Bonchev–Trinajstić information content (AvgIpc) is 3.07. The van der Waals surface area contributed by atoms with Crippen LogP contribution in [-0.4, -0.2) is 23.1 Å². The predicted molar refractivity (Wildman–Crippen MR) is 89.2 cm³/mol. The van der Waals surface area contributed by atoms with Gasteiger partial charge in [-0.1, -0.05) is 0 Å². The number of rotatable bonds is 5. The number of aryl methyl sites for hydroxylation is 1. The van der Waals surface area contributed by atoms with Gasteiger partial charge in [-0.25, -0.2) is 0 Å². The van der Waals surface area contributed by atoms with Gasteiger partial charge in [0.25, 0.3) is 0 Å². The van der Waals surface area contributed by atoms with Gasteiger partial charge in [-0.05, 0) is 56.9 Å². The van der Waals surface area contributed by atoms with E-state index in [-0.39, 0.29) is 11.9 Å². The van der Waals surface area contributed by atoms with Crippen molar-refractivity contribution >= 4 is 5.91 Å². The van der Waals surface area contributed by atoms with Crippen LogP contribution >= 0.6 is 0 Å². The van der Waals surface area contributed by atoms with Crippen LogP contribution in [0.4, 0.5) is 0 Å². The molecule has 2 aromatic heterocycles. The second-order valence-corrected chi connectivity index (χ2v) is 6.28. The van der Waals surface area contributed by atoms with Crippen molar-refractivity contribution in [2.75, 3.05) is 6.54 Å². The largest absolute Gasteiger partial charge is 0.467 e. The molecule has 3 rings (SSSR count). The molecule has 124 valence electrons. The van der Waals surface area contributed by atoms with Crippen LogP contribution in [0.1, 0.15) is 42.0 Å². The van der Waals surface area contributed by atoms with E-state index in [1.165, 1.54) is 17.0 Å². The standard InChI is InChI=1S/C18H25N3O2/c1-13-10-15(11-20-17-7-3-4-8-19-18(17)22)14(2)21(13)12-16-6-5-9-23-16/h5-6,9-10,17,20H,3-4,7-8,11-12H2,1-2H3,(H,19,22). The minimum Gasteiger partial charge on any atom is -0.467 e. The second kappa shape index (κ2) is 7.04. The molecule has 5 heteroatoms. The molecule has 1 amide bonds. The van der Waals surface area contributed by atoms with Crippen molar-refractivity contribution in [1.29, 1.82) is 0 Å². The maximum atomic E-state index is 12.0. The van der Waals surface area contributed by atoms with Crippen molar-refractivity contribution < 1.29 is 9.21 Å². The average molecular weight is 315 g/mol. The highest BCUT2D eigenvalue weighted by Crippen LogP contribution is 2.18. The molecular formula is C18H25N3O2. The molecule has 1 saturated heterocycles. The van der Waals surface area contributed by atoms with Crippen LogP contribution in [0.15, 0.2) is 28.9 Å². The van der Waals surface area contributed by atoms with E-state index < -0.39 is 0 Å². The van der Waals surface area contributed by atoms with Gasteiger partial charge in [0.05, 0.1) is 18.8 Å². The van der Waals surface area contributed by atoms with Crippen molar-refractivity contribution in [3.8, 4) is 0 Å². The van der Waals surface area contributed by atoms with E-state index in [2.05, 4.69) is 35.1 Å². The van der Waals surface area contributed by atoms with Crippen LogP contribution < -0.4 is 10.6 Å². The van der Waals surface area contributed by atoms with E-state index in [1.54, 1.807) is 6.26 Å². The number of carbonyl (C=O) groups excluding carboxylic acids is 1. The van der Waals surface area contributed by atoms with Crippen molar-refractivity contribution in [1.82, 2.24) is 15.2 Å². The van der Waals surface area contributed by atoms with E-state index >= 15 is 0 Å². The summed E-state index contributed by atoms with van der Waals surface area (Å²) in [5, 5.41) is 6.39. The molecule has 1 fully saturated rings. The molecule has 2 N–H and O–H groups in total. The third kappa shape index (κ3) is 3.67. The quantitative estimate of drug-likeness (QED) is 0.891. The lowest BCUT2D eigenvalue weighted by atomic mass is 10.1. The fourth-order valence-electron chi connectivity index (χ4n) is 3.22. The Kier molecular flexibility index (Phi) is 4.86. The number of nitrogens with zero attached hydrogens (tertiary/aromatic N) is 1. The van der Waals surface area contributed by atoms with E-state index in [4.69, 9.17) is 4.42 Å². The minimum absolute atomic E-state index is 0.0781. The van der Waals surface area contributed by atoms with Gasteiger partial charge in [0.2, 0.25) is 5.91 Å². The summed E-state index contributed by atoms with van der Waals surface area (Å²) < 4.78 is 7.70. The van der Waals surface area contributed by atoms with Crippen molar-refractivity contribution in [2.24, 2.45) is 0 Å². The Morgan fingerprint density at radius 2 is 2.26 bits per heavy atom. The molecule has 1 unspecified atom stereocenters. The molecule has 3 heterocycles. The summed E-state index contributed by atoms with van der Waals surface area (Å²) in [6.45, 7) is 6.50. The summed E-state index contributed by atoms with van der Waals surface area (Å²) in [7, 11) is 0. The van der Waals surface area contributed by atoms with Gasteiger partial charge in [0.1, 0.15) is 5.76 Å². The molecule has 1 aliphatic rings. The number of furan rings is 1. The molecule has 0 aromatic carbocycles. The summed E-state index contributed by atoms with van der Waals surface area (Å²) in [5.41, 5.74) is 3.67. The Balaban J connectivity index is 1.67. The first kappa shape index (κ1) is 15.9. The van der Waals surface area contributed by atoms with Crippen molar-refractivity contribution in [2.45, 2.75) is 52.2 Å². The lowest BCUT2D eigenvalue weighted by Gasteiger charge is -2.15. The maximum Gasteiger partial charge on any atom is 0.237 e. The van der Waals surface area contributed by atoms with E-state index in [9.17, 15) is 4.79 Å². The second-order valence-electron chi connectivity index (χ2n) is 6.28. The predicted octanol–water partition coefficient (Wildman–Crippen LogP) is 2.50. The number of nitrogens with one attached hydrogen (secondary N) is 2. The van der Waals surface area contributed by atoms with Crippen LogP contribution in [0.5, 0.6) is 0 Å². The first-order valence-electron chi connectivity index (χ1n) is 8.34. The minimum atomic E-state index is -0.0781.